The zero-order chi connectivity index (χ0) is 28.2. The summed E-state index contributed by atoms with van der Waals surface area (Å²) in [5.41, 5.74) is 2.09. The van der Waals surface area contributed by atoms with E-state index in [-0.39, 0.29) is 34.9 Å². The second-order valence-electron chi connectivity index (χ2n) is 8.68. The maximum Gasteiger partial charge on any atom is 0.573 e. The second kappa shape index (κ2) is 11.8. The monoisotopic (exact) mass is 562 g/mol. The Labute approximate surface area is 226 Å². The Morgan fingerprint density at radius 1 is 1.21 bits per heavy atom. The summed E-state index contributed by atoms with van der Waals surface area (Å²) in [5.74, 6) is -0.149. The lowest BCUT2D eigenvalue weighted by molar-refractivity contribution is -0.274. The van der Waals surface area contributed by atoms with Gasteiger partial charge < -0.3 is 24.7 Å². The van der Waals surface area contributed by atoms with E-state index in [9.17, 15) is 27.6 Å². The van der Waals surface area contributed by atoms with Crippen LogP contribution in [0.5, 0.6) is 5.75 Å². The number of nitrogens with zero attached hydrogens (tertiary/aromatic N) is 2. The number of amides is 2. The lowest BCUT2D eigenvalue weighted by Crippen LogP contribution is -2.40. The summed E-state index contributed by atoms with van der Waals surface area (Å²) in [4.78, 5) is 44.7. The van der Waals surface area contributed by atoms with Crippen LogP contribution in [0.4, 0.5) is 18.0 Å². The molecule has 0 bridgehead atoms. The topological polar surface area (TPSA) is 114 Å². The van der Waals surface area contributed by atoms with E-state index in [2.05, 4.69) is 24.8 Å². The zero-order valence-electron chi connectivity index (χ0n) is 20.9. The highest BCUT2D eigenvalue weighted by atomic mass is 32.2. The molecule has 0 radical (unpaired) electrons. The number of aromatic amines is 1. The van der Waals surface area contributed by atoms with Crippen LogP contribution in [0.25, 0.3) is 22.4 Å². The molecule has 1 saturated heterocycles. The smallest absolute Gasteiger partial charge is 0.453 e. The molecule has 0 aliphatic carbocycles. The van der Waals surface area contributed by atoms with Gasteiger partial charge in [-0.05, 0) is 35.9 Å². The molecular formula is C26H25F3N4O5S. The Bertz CT molecular complexity index is 1350. The third-order valence-electron chi connectivity index (χ3n) is 6.27. The lowest BCUT2D eigenvalue weighted by Gasteiger charge is -2.23. The standard InChI is InChI=1S/C26H25F3N4O5S/c1-37-25(36)31-12-23(35)33-13-18(39-2)10-21(33)24-30-11-20(32-24)17-6-4-16(5-7-17)19-8-3-15(14-34)9-22(19)38-26(27,28)29/h3-9,11,14,18,21H,10,12-13H2,1-2H3,(H,30,32)(H,31,36). The number of carbonyl (C=O) groups is 3. The van der Waals surface area contributed by atoms with Gasteiger partial charge in [-0.2, -0.15) is 11.8 Å². The number of carbonyl (C=O) groups excluding carboxylic acids is 3. The lowest BCUT2D eigenvalue weighted by atomic mass is 10.0. The zero-order valence-corrected chi connectivity index (χ0v) is 21.8. The number of rotatable bonds is 8. The quantitative estimate of drug-likeness (QED) is 0.379. The molecule has 0 saturated carbocycles. The van der Waals surface area contributed by atoms with Crippen molar-refractivity contribution in [1.29, 1.82) is 0 Å². The molecule has 2 heterocycles. The van der Waals surface area contributed by atoms with Crippen LogP contribution in [0, 0.1) is 0 Å². The van der Waals surface area contributed by atoms with Gasteiger partial charge >= 0.3 is 12.5 Å². The Balaban J connectivity index is 1.55. The van der Waals surface area contributed by atoms with E-state index in [0.717, 1.165) is 11.6 Å². The molecule has 13 heteroatoms. The largest absolute Gasteiger partial charge is 0.573 e. The Morgan fingerprint density at radius 2 is 1.92 bits per heavy atom. The van der Waals surface area contributed by atoms with E-state index in [4.69, 9.17) is 0 Å². The normalized spacial score (nSPS) is 17.1. The molecular weight excluding hydrogens is 537 g/mol. The molecule has 39 heavy (non-hydrogen) atoms. The maximum atomic E-state index is 12.9. The van der Waals surface area contributed by atoms with E-state index in [1.165, 1.54) is 19.2 Å². The average Bonchev–Trinajstić information content (AvgIpc) is 3.58. The molecule has 1 aliphatic heterocycles. The molecule has 206 valence electrons. The SMILES string of the molecule is COC(=O)NCC(=O)N1CC(SC)CC1c1ncc(-c2ccc(-c3ccc(C=O)cc3OC(F)(F)F)cc2)[nH]1. The highest BCUT2D eigenvalue weighted by Crippen LogP contribution is 2.37. The van der Waals surface area contributed by atoms with E-state index >= 15 is 0 Å². The first-order chi connectivity index (χ1) is 18.6. The first-order valence-corrected chi connectivity index (χ1v) is 13.1. The van der Waals surface area contributed by atoms with Crippen LogP contribution in [0.1, 0.15) is 28.6 Å². The van der Waals surface area contributed by atoms with Crippen molar-refractivity contribution in [2.45, 2.75) is 24.1 Å². The Morgan fingerprint density at radius 3 is 2.56 bits per heavy atom. The van der Waals surface area contributed by atoms with Gasteiger partial charge in [-0.1, -0.05) is 30.3 Å². The molecule has 4 rings (SSSR count). The predicted molar refractivity (Wildman–Crippen MR) is 138 cm³/mol. The van der Waals surface area contributed by atoms with Crippen LogP contribution in [-0.2, 0) is 9.53 Å². The molecule has 0 spiro atoms. The van der Waals surface area contributed by atoms with Gasteiger partial charge in [0.2, 0.25) is 5.91 Å². The summed E-state index contributed by atoms with van der Waals surface area (Å²) in [6, 6.07) is 10.3. The van der Waals surface area contributed by atoms with Crippen molar-refractivity contribution >= 4 is 30.0 Å². The van der Waals surface area contributed by atoms with Crippen LogP contribution in [0.15, 0.2) is 48.7 Å². The second-order valence-corrected chi connectivity index (χ2v) is 9.82. The maximum absolute atomic E-state index is 12.9. The fourth-order valence-corrected chi connectivity index (χ4v) is 5.05. The van der Waals surface area contributed by atoms with Gasteiger partial charge in [0.15, 0.2) is 0 Å². The molecule has 9 nitrogen and oxygen atoms in total. The van der Waals surface area contributed by atoms with Crippen molar-refractivity contribution in [2.24, 2.45) is 0 Å². The number of thioether (sulfide) groups is 1. The van der Waals surface area contributed by atoms with Crippen LogP contribution in [0.3, 0.4) is 0 Å². The number of H-pyrrole nitrogens is 1. The summed E-state index contributed by atoms with van der Waals surface area (Å²) in [6.07, 6.45) is -0.889. The Hall–Kier alpha value is -4.00. The molecule has 1 aromatic heterocycles. The number of hydrogen-bond acceptors (Lipinski definition) is 7. The molecule has 2 atom stereocenters. The van der Waals surface area contributed by atoms with Crippen molar-refractivity contribution in [3.05, 3.63) is 60.0 Å². The van der Waals surface area contributed by atoms with Gasteiger partial charge in [-0.15, -0.1) is 13.2 Å². The molecule has 2 unspecified atom stereocenters. The van der Waals surface area contributed by atoms with Crippen molar-refractivity contribution < 1.29 is 37.0 Å². The molecule has 1 fully saturated rings. The minimum Gasteiger partial charge on any atom is -0.453 e. The number of benzene rings is 2. The minimum atomic E-state index is -4.91. The van der Waals surface area contributed by atoms with E-state index in [0.29, 0.717) is 36.3 Å². The number of aromatic nitrogens is 2. The van der Waals surface area contributed by atoms with Gasteiger partial charge in [0.1, 0.15) is 24.4 Å². The number of imidazole rings is 1. The number of methoxy groups -OCH3 is 1. The minimum absolute atomic E-state index is 0.0591. The number of alkyl carbamates (subject to hydrolysis) is 1. The van der Waals surface area contributed by atoms with Gasteiger partial charge in [0.05, 0.1) is 25.0 Å². The third kappa shape index (κ3) is 6.72. The van der Waals surface area contributed by atoms with Gasteiger partial charge in [-0.3, -0.25) is 9.59 Å². The molecule has 2 amide bonds. The fraction of sp³-hybridized carbons (Fsp3) is 0.308. The molecule has 3 aromatic rings. The predicted octanol–water partition coefficient (Wildman–Crippen LogP) is 4.82. The van der Waals surface area contributed by atoms with Gasteiger partial charge in [0, 0.05) is 22.9 Å². The summed E-state index contributed by atoms with van der Waals surface area (Å²) >= 11 is 1.64. The first kappa shape index (κ1) is 28.0. The third-order valence-corrected chi connectivity index (χ3v) is 7.28. The number of halogens is 3. The summed E-state index contributed by atoms with van der Waals surface area (Å²) in [5, 5.41) is 2.61. The van der Waals surface area contributed by atoms with Gasteiger partial charge in [0.25, 0.3) is 0 Å². The number of ether oxygens (including phenoxy) is 2. The van der Waals surface area contributed by atoms with Crippen molar-refractivity contribution in [3.8, 4) is 28.1 Å². The molecule has 1 aliphatic rings. The van der Waals surface area contributed by atoms with Crippen LogP contribution < -0.4 is 10.1 Å². The van der Waals surface area contributed by atoms with Crippen molar-refractivity contribution in [1.82, 2.24) is 20.2 Å². The Kier molecular flexibility index (Phi) is 8.48. The van der Waals surface area contributed by atoms with E-state index in [1.54, 1.807) is 47.1 Å². The highest BCUT2D eigenvalue weighted by Gasteiger charge is 2.37. The van der Waals surface area contributed by atoms with Crippen LogP contribution >= 0.6 is 11.8 Å². The number of likely N-dealkylation sites (tertiary alicyclic amines) is 1. The van der Waals surface area contributed by atoms with Crippen molar-refractivity contribution in [3.63, 3.8) is 0 Å². The average molecular weight is 563 g/mol. The van der Waals surface area contributed by atoms with Gasteiger partial charge in [-0.25, -0.2) is 9.78 Å². The van der Waals surface area contributed by atoms with Crippen LogP contribution in [0.2, 0.25) is 0 Å². The molecule has 2 N–H and O–H groups in total. The highest BCUT2D eigenvalue weighted by molar-refractivity contribution is 7.99. The van der Waals surface area contributed by atoms with E-state index < -0.39 is 18.2 Å². The first-order valence-electron chi connectivity index (χ1n) is 11.8. The van der Waals surface area contributed by atoms with Crippen molar-refractivity contribution in [2.75, 3.05) is 26.5 Å². The van der Waals surface area contributed by atoms with Crippen LogP contribution in [-0.4, -0.2) is 71.2 Å². The summed E-state index contributed by atoms with van der Waals surface area (Å²) in [6.45, 7) is 0.302. The van der Waals surface area contributed by atoms with E-state index in [1.807, 2.05) is 6.26 Å². The summed E-state index contributed by atoms with van der Waals surface area (Å²) in [7, 11) is 1.22. The number of hydrogen-bond donors (Lipinski definition) is 2. The summed E-state index contributed by atoms with van der Waals surface area (Å²) < 4.78 is 47.5. The molecule has 2 aromatic carbocycles. The fourth-order valence-electron chi connectivity index (χ4n) is 4.37. The number of nitrogens with one attached hydrogen (secondary N) is 2. The number of aldehydes is 1. The number of alkyl halides is 3.